The molecule has 2 aliphatic heterocycles. The lowest BCUT2D eigenvalue weighted by molar-refractivity contribution is -0.0390. The van der Waals surface area contributed by atoms with Crippen LogP contribution in [0.15, 0.2) is 29.3 Å². The number of nitrogens with one attached hydrogen (secondary N) is 2. The summed E-state index contributed by atoms with van der Waals surface area (Å²) < 4.78 is 13.5. The predicted molar refractivity (Wildman–Crippen MR) is 131 cm³/mol. The van der Waals surface area contributed by atoms with Gasteiger partial charge in [-0.15, -0.1) is 24.0 Å². The Morgan fingerprint density at radius 1 is 1.26 bits per heavy atom. The highest BCUT2D eigenvalue weighted by Crippen LogP contribution is 2.22. The minimum absolute atomic E-state index is 0. The summed E-state index contributed by atoms with van der Waals surface area (Å²) in [6.07, 6.45) is 4.39. The number of benzene rings is 1. The van der Waals surface area contributed by atoms with E-state index >= 15 is 0 Å². The molecule has 1 aromatic carbocycles. The zero-order valence-corrected chi connectivity index (χ0v) is 20.7. The van der Waals surface area contributed by atoms with Crippen LogP contribution >= 0.6 is 24.0 Å². The van der Waals surface area contributed by atoms with Gasteiger partial charge >= 0.3 is 0 Å². The van der Waals surface area contributed by atoms with E-state index in [1.807, 2.05) is 11.6 Å². The smallest absolute Gasteiger partial charge is 0.191 e. The zero-order chi connectivity index (χ0) is 20.8. The predicted octanol–water partition coefficient (Wildman–Crippen LogP) is 3.10. The molecule has 3 heterocycles. The van der Waals surface area contributed by atoms with Crippen LogP contribution in [0.4, 0.5) is 0 Å². The van der Waals surface area contributed by atoms with Crippen molar-refractivity contribution >= 4 is 29.9 Å². The summed E-state index contributed by atoms with van der Waals surface area (Å²) in [4.78, 5) is 8.99. The fraction of sp³-hybridized carbons (Fsp3) is 0.591. The third-order valence-corrected chi connectivity index (χ3v) is 5.62. The minimum Gasteiger partial charge on any atom is -0.381 e. The van der Waals surface area contributed by atoms with E-state index in [1.54, 1.807) is 7.05 Å². The zero-order valence-electron chi connectivity index (χ0n) is 18.3. The summed E-state index contributed by atoms with van der Waals surface area (Å²) in [6.45, 7) is 5.82. The highest BCUT2D eigenvalue weighted by atomic mass is 127. The highest BCUT2D eigenvalue weighted by Gasteiger charge is 2.24. The van der Waals surface area contributed by atoms with E-state index in [9.17, 15) is 0 Å². The SMILES string of the molecule is CN=C(NCc1cccc(COC2CCOCC2)c1)NC1CCCn2nc(C)nc21.I. The summed E-state index contributed by atoms with van der Waals surface area (Å²) in [7, 11) is 1.80. The molecular formula is C22H33IN6O2. The average molecular weight is 540 g/mol. The number of guanidine groups is 1. The third-order valence-electron chi connectivity index (χ3n) is 5.62. The summed E-state index contributed by atoms with van der Waals surface area (Å²) in [5.41, 5.74) is 2.40. The number of fused-ring (bicyclic) bond motifs is 1. The molecule has 2 aromatic rings. The van der Waals surface area contributed by atoms with Gasteiger partial charge in [0.25, 0.3) is 0 Å². The van der Waals surface area contributed by atoms with E-state index in [4.69, 9.17) is 9.47 Å². The van der Waals surface area contributed by atoms with Gasteiger partial charge in [0.05, 0.1) is 18.8 Å². The van der Waals surface area contributed by atoms with Gasteiger partial charge in [0.2, 0.25) is 0 Å². The van der Waals surface area contributed by atoms with Crippen molar-refractivity contribution in [2.75, 3.05) is 20.3 Å². The molecule has 170 valence electrons. The molecule has 0 amide bonds. The van der Waals surface area contributed by atoms with Gasteiger partial charge in [0, 0.05) is 33.4 Å². The molecule has 1 atom stereocenters. The third kappa shape index (κ3) is 6.63. The standard InChI is InChI=1S/C22H32N6O2.HI/c1-16-25-21-20(7-4-10-28(21)27-16)26-22(23-2)24-14-17-5-3-6-18(13-17)15-30-19-8-11-29-12-9-19;/h3,5-6,13,19-20H,4,7-12,14-15H2,1-2H3,(H2,23,24,26);1H. The molecule has 0 saturated carbocycles. The Hall–Kier alpha value is -1.72. The Balaban J connectivity index is 0.00000272. The van der Waals surface area contributed by atoms with Gasteiger partial charge < -0.3 is 20.1 Å². The first-order valence-corrected chi connectivity index (χ1v) is 10.9. The lowest BCUT2D eigenvalue weighted by Crippen LogP contribution is -2.41. The molecule has 0 aliphatic carbocycles. The Labute approximate surface area is 201 Å². The van der Waals surface area contributed by atoms with Crippen LogP contribution in [-0.2, 0) is 29.2 Å². The van der Waals surface area contributed by atoms with Crippen LogP contribution in [0.1, 0.15) is 54.5 Å². The second-order valence-corrected chi connectivity index (χ2v) is 7.95. The molecule has 9 heteroatoms. The van der Waals surface area contributed by atoms with Crippen molar-refractivity contribution in [3.05, 3.63) is 47.0 Å². The maximum absolute atomic E-state index is 6.05. The maximum atomic E-state index is 6.05. The van der Waals surface area contributed by atoms with Crippen molar-refractivity contribution in [1.82, 2.24) is 25.4 Å². The Kier molecular flexibility index (Phi) is 9.09. The molecule has 2 N–H and O–H groups in total. The Morgan fingerprint density at radius 2 is 2.06 bits per heavy atom. The molecule has 8 nitrogen and oxygen atoms in total. The Morgan fingerprint density at radius 3 is 2.87 bits per heavy atom. The van der Waals surface area contributed by atoms with Gasteiger partial charge in [0.1, 0.15) is 11.6 Å². The summed E-state index contributed by atoms with van der Waals surface area (Å²) in [5, 5.41) is 11.4. The van der Waals surface area contributed by atoms with E-state index < -0.39 is 0 Å². The molecule has 0 radical (unpaired) electrons. The number of aromatic nitrogens is 3. The van der Waals surface area contributed by atoms with Crippen molar-refractivity contribution in [2.45, 2.75) is 64.4 Å². The monoisotopic (exact) mass is 540 g/mol. The average Bonchev–Trinajstić information content (AvgIpc) is 3.17. The number of hydrogen-bond acceptors (Lipinski definition) is 5. The van der Waals surface area contributed by atoms with Crippen molar-refractivity contribution in [2.24, 2.45) is 4.99 Å². The fourth-order valence-electron chi connectivity index (χ4n) is 4.04. The molecule has 31 heavy (non-hydrogen) atoms. The molecule has 4 rings (SSSR count). The minimum atomic E-state index is 0. The van der Waals surface area contributed by atoms with Crippen LogP contribution in [0.25, 0.3) is 0 Å². The lowest BCUT2D eigenvalue weighted by Gasteiger charge is -2.25. The van der Waals surface area contributed by atoms with Crippen LogP contribution < -0.4 is 10.6 Å². The molecule has 1 fully saturated rings. The van der Waals surface area contributed by atoms with Gasteiger partial charge in [-0.2, -0.15) is 5.10 Å². The Bertz CT molecular complexity index is 865. The molecule has 1 unspecified atom stereocenters. The van der Waals surface area contributed by atoms with Crippen molar-refractivity contribution in [3.63, 3.8) is 0 Å². The van der Waals surface area contributed by atoms with E-state index in [-0.39, 0.29) is 30.0 Å². The van der Waals surface area contributed by atoms with E-state index in [2.05, 4.69) is 50.0 Å². The van der Waals surface area contributed by atoms with E-state index in [0.717, 1.165) is 63.1 Å². The van der Waals surface area contributed by atoms with Gasteiger partial charge in [-0.1, -0.05) is 24.3 Å². The molecule has 0 bridgehead atoms. The largest absolute Gasteiger partial charge is 0.381 e. The van der Waals surface area contributed by atoms with E-state index in [0.29, 0.717) is 19.3 Å². The molecule has 1 aromatic heterocycles. The van der Waals surface area contributed by atoms with Crippen LogP contribution in [0, 0.1) is 6.92 Å². The molecule has 1 saturated heterocycles. The first kappa shape index (κ1) is 23.9. The summed E-state index contributed by atoms with van der Waals surface area (Å²) in [6, 6.07) is 8.65. The van der Waals surface area contributed by atoms with Gasteiger partial charge in [-0.3, -0.25) is 4.99 Å². The highest BCUT2D eigenvalue weighted by molar-refractivity contribution is 14.0. The first-order chi connectivity index (χ1) is 14.7. The number of rotatable bonds is 6. The van der Waals surface area contributed by atoms with Gasteiger partial charge in [0.15, 0.2) is 5.96 Å². The second-order valence-electron chi connectivity index (χ2n) is 7.95. The number of ether oxygens (including phenoxy) is 2. The van der Waals surface area contributed by atoms with Crippen molar-refractivity contribution in [3.8, 4) is 0 Å². The number of nitrogens with zero attached hydrogens (tertiary/aromatic N) is 4. The van der Waals surface area contributed by atoms with Crippen LogP contribution in [0.5, 0.6) is 0 Å². The second kappa shape index (κ2) is 11.8. The molecule has 0 spiro atoms. The topological polar surface area (TPSA) is 85.6 Å². The normalized spacial score (nSPS) is 19.4. The summed E-state index contributed by atoms with van der Waals surface area (Å²) in [5.74, 6) is 2.59. The lowest BCUT2D eigenvalue weighted by atomic mass is 10.1. The molecule has 2 aliphatic rings. The van der Waals surface area contributed by atoms with Gasteiger partial charge in [-0.05, 0) is 43.7 Å². The van der Waals surface area contributed by atoms with Crippen molar-refractivity contribution < 1.29 is 9.47 Å². The molecular weight excluding hydrogens is 507 g/mol. The number of aliphatic imine (C=N–C) groups is 1. The quantitative estimate of drug-likeness (QED) is 0.333. The van der Waals surface area contributed by atoms with Crippen LogP contribution in [0.3, 0.4) is 0 Å². The van der Waals surface area contributed by atoms with Crippen LogP contribution in [0.2, 0.25) is 0 Å². The van der Waals surface area contributed by atoms with Crippen molar-refractivity contribution in [1.29, 1.82) is 0 Å². The number of halogens is 1. The maximum Gasteiger partial charge on any atom is 0.191 e. The number of hydrogen-bond donors (Lipinski definition) is 2. The first-order valence-electron chi connectivity index (χ1n) is 10.9. The van der Waals surface area contributed by atoms with E-state index in [1.165, 1.54) is 11.1 Å². The number of aryl methyl sites for hydroxylation is 2. The van der Waals surface area contributed by atoms with Gasteiger partial charge in [-0.25, -0.2) is 9.67 Å². The fourth-order valence-corrected chi connectivity index (χ4v) is 4.04. The summed E-state index contributed by atoms with van der Waals surface area (Å²) >= 11 is 0. The van der Waals surface area contributed by atoms with Crippen LogP contribution in [-0.4, -0.2) is 47.1 Å².